The van der Waals surface area contributed by atoms with Crippen LogP contribution in [0.1, 0.15) is 59.3 Å². The number of amides is 1. The normalized spacial score (nSPS) is 25.0. The fourth-order valence-corrected chi connectivity index (χ4v) is 3.85. The number of rotatable bonds is 6. The van der Waals surface area contributed by atoms with Gasteiger partial charge in [0.05, 0.1) is 0 Å². The van der Waals surface area contributed by atoms with Gasteiger partial charge < -0.3 is 9.80 Å². The molecule has 0 aromatic rings. The Bertz CT molecular complexity index is 321. The highest BCUT2D eigenvalue weighted by Crippen LogP contribution is 2.23. The molecular weight excluding hydrogens is 260 g/mol. The summed E-state index contributed by atoms with van der Waals surface area (Å²) in [5, 5.41) is 0. The molecule has 0 spiro atoms. The van der Waals surface area contributed by atoms with E-state index in [2.05, 4.69) is 30.6 Å². The van der Waals surface area contributed by atoms with E-state index < -0.39 is 0 Å². The second-order valence-electron chi connectivity index (χ2n) is 7.75. The fraction of sp³-hybridized carbons (Fsp3) is 0.944. The molecule has 2 aliphatic heterocycles. The first kappa shape index (κ1) is 16.8. The van der Waals surface area contributed by atoms with Crippen LogP contribution in [0.15, 0.2) is 0 Å². The zero-order valence-corrected chi connectivity index (χ0v) is 14.3. The number of hydrogen-bond donors (Lipinski definition) is 0. The summed E-state index contributed by atoms with van der Waals surface area (Å²) in [4.78, 5) is 16.9. The average molecular weight is 294 g/mol. The molecule has 0 radical (unpaired) electrons. The van der Waals surface area contributed by atoms with Crippen LogP contribution in [0, 0.1) is 17.8 Å². The zero-order chi connectivity index (χ0) is 15.2. The monoisotopic (exact) mass is 294 g/mol. The van der Waals surface area contributed by atoms with Gasteiger partial charge in [0.1, 0.15) is 0 Å². The highest BCUT2D eigenvalue weighted by molar-refractivity contribution is 5.76. The predicted octanol–water partition coefficient (Wildman–Crippen LogP) is 3.39. The van der Waals surface area contributed by atoms with Crippen molar-refractivity contribution in [1.82, 2.24) is 9.80 Å². The van der Waals surface area contributed by atoms with E-state index in [-0.39, 0.29) is 0 Å². The third-order valence-corrected chi connectivity index (χ3v) is 5.18. The first-order chi connectivity index (χ1) is 10.0. The third kappa shape index (κ3) is 5.61. The molecule has 0 saturated carbocycles. The lowest BCUT2D eigenvalue weighted by Crippen LogP contribution is -2.38. The summed E-state index contributed by atoms with van der Waals surface area (Å²) in [6, 6.07) is 0. The van der Waals surface area contributed by atoms with Crippen molar-refractivity contribution >= 4 is 5.91 Å². The Morgan fingerprint density at radius 3 is 2.52 bits per heavy atom. The summed E-state index contributed by atoms with van der Waals surface area (Å²) in [7, 11) is 0. The van der Waals surface area contributed by atoms with Gasteiger partial charge >= 0.3 is 0 Å². The molecule has 0 bridgehead atoms. The Morgan fingerprint density at radius 2 is 1.86 bits per heavy atom. The number of hydrogen-bond acceptors (Lipinski definition) is 2. The van der Waals surface area contributed by atoms with E-state index >= 15 is 0 Å². The maximum Gasteiger partial charge on any atom is 0.222 e. The van der Waals surface area contributed by atoms with Crippen molar-refractivity contribution in [3.8, 4) is 0 Å². The van der Waals surface area contributed by atoms with Crippen LogP contribution in [0.2, 0.25) is 0 Å². The molecule has 0 aliphatic carbocycles. The number of nitrogens with zero attached hydrogens (tertiary/aromatic N) is 2. The summed E-state index contributed by atoms with van der Waals surface area (Å²) < 4.78 is 0. The Hall–Kier alpha value is -0.570. The maximum absolute atomic E-state index is 12.2. The molecular formula is C18H34N2O. The molecule has 0 aromatic carbocycles. The number of likely N-dealkylation sites (tertiary alicyclic amines) is 2. The molecule has 2 heterocycles. The van der Waals surface area contributed by atoms with Gasteiger partial charge in [0.2, 0.25) is 5.91 Å². The molecule has 21 heavy (non-hydrogen) atoms. The van der Waals surface area contributed by atoms with Gasteiger partial charge in [-0.25, -0.2) is 0 Å². The topological polar surface area (TPSA) is 23.6 Å². The van der Waals surface area contributed by atoms with Gasteiger partial charge in [-0.3, -0.25) is 4.79 Å². The van der Waals surface area contributed by atoms with E-state index in [9.17, 15) is 4.79 Å². The Kier molecular flexibility index (Phi) is 6.53. The molecule has 3 nitrogen and oxygen atoms in total. The van der Waals surface area contributed by atoms with Gasteiger partial charge in [-0.05, 0) is 62.9 Å². The molecule has 3 heteroatoms. The van der Waals surface area contributed by atoms with E-state index in [1.807, 2.05) is 0 Å². The SMILES string of the molecule is CC(C)CC1CCN(CCCC(=O)N2CCC(C)CC2)C1. The Balaban J connectivity index is 1.58. The van der Waals surface area contributed by atoms with Gasteiger partial charge in [0.15, 0.2) is 0 Å². The van der Waals surface area contributed by atoms with Crippen molar-refractivity contribution in [2.45, 2.75) is 59.3 Å². The van der Waals surface area contributed by atoms with E-state index in [0.717, 1.165) is 50.2 Å². The summed E-state index contributed by atoms with van der Waals surface area (Å²) in [5.41, 5.74) is 0. The summed E-state index contributed by atoms with van der Waals surface area (Å²) in [5.74, 6) is 2.90. The summed E-state index contributed by atoms with van der Waals surface area (Å²) >= 11 is 0. The van der Waals surface area contributed by atoms with Crippen LogP contribution in [0.25, 0.3) is 0 Å². The fourth-order valence-electron chi connectivity index (χ4n) is 3.85. The first-order valence-electron chi connectivity index (χ1n) is 9.04. The van der Waals surface area contributed by atoms with Gasteiger partial charge in [-0.2, -0.15) is 0 Å². The lowest BCUT2D eigenvalue weighted by atomic mass is 9.97. The van der Waals surface area contributed by atoms with E-state index in [1.165, 1.54) is 38.8 Å². The number of carbonyl (C=O) groups excluding carboxylic acids is 1. The van der Waals surface area contributed by atoms with E-state index in [1.54, 1.807) is 0 Å². The van der Waals surface area contributed by atoms with Crippen molar-refractivity contribution in [1.29, 1.82) is 0 Å². The molecule has 1 unspecified atom stereocenters. The van der Waals surface area contributed by atoms with Crippen molar-refractivity contribution in [2.75, 3.05) is 32.7 Å². The van der Waals surface area contributed by atoms with Crippen LogP contribution >= 0.6 is 0 Å². The molecule has 1 amide bonds. The molecule has 2 fully saturated rings. The molecule has 2 saturated heterocycles. The summed E-state index contributed by atoms with van der Waals surface area (Å²) in [6.45, 7) is 12.5. The van der Waals surface area contributed by atoms with Crippen LogP contribution in [-0.2, 0) is 4.79 Å². The van der Waals surface area contributed by atoms with Crippen LogP contribution in [0.3, 0.4) is 0 Å². The lowest BCUT2D eigenvalue weighted by Gasteiger charge is -2.30. The van der Waals surface area contributed by atoms with Crippen molar-refractivity contribution in [3.05, 3.63) is 0 Å². The highest BCUT2D eigenvalue weighted by atomic mass is 16.2. The number of piperidine rings is 1. The first-order valence-corrected chi connectivity index (χ1v) is 9.04. The minimum Gasteiger partial charge on any atom is -0.343 e. The van der Waals surface area contributed by atoms with Crippen LogP contribution < -0.4 is 0 Å². The average Bonchev–Trinajstić information content (AvgIpc) is 2.86. The third-order valence-electron chi connectivity index (χ3n) is 5.18. The van der Waals surface area contributed by atoms with Gasteiger partial charge in [0, 0.05) is 26.1 Å². The van der Waals surface area contributed by atoms with Gasteiger partial charge in [0.25, 0.3) is 0 Å². The Morgan fingerprint density at radius 1 is 1.14 bits per heavy atom. The van der Waals surface area contributed by atoms with Gasteiger partial charge in [-0.15, -0.1) is 0 Å². The quantitative estimate of drug-likeness (QED) is 0.749. The second kappa shape index (κ2) is 8.17. The van der Waals surface area contributed by atoms with Crippen molar-refractivity contribution in [2.24, 2.45) is 17.8 Å². The van der Waals surface area contributed by atoms with Gasteiger partial charge in [-0.1, -0.05) is 20.8 Å². The highest BCUT2D eigenvalue weighted by Gasteiger charge is 2.23. The van der Waals surface area contributed by atoms with Crippen LogP contribution in [0.5, 0.6) is 0 Å². The molecule has 0 aromatic heterocycles. The van der Waals surface area contributed by atoms with Crippen LogP contribution in [-0.4, -0.2) is 48.4 Å². The standard InChI is InChI=1S/C18H34N2O/c1-15(2)13-17-8-10-19(14-17)9-4-5-18(21)20-11-6-16(3)7-12-20/h15-17H,4-14H2,1-3H3. The molecule has 2 rings (SSSR count). The summed E-state index contributed by atoms with van der Waals surface area (Å²) in [6.07, 6.45) is 6.89. The Labute approximate surface area is 131 Å². The molecule has 1 atom stereocenters. The number of carbonyl (C=O) groups is 1. The maximum atomic E-state index is 12.2. The minimum absolute atomic E-state index is 0.389. The van der Waals surface area contributed by atoms with E-state index in [4.69, 9.17) is 0 Å². The van der Waals surface area contributed by atoms with Crippen molar-refractivity contribution < 1.29 is 4.79 Å². The van der Waals surface area contributed by atoms with Crippen molar-refractivity contribution in [3.63, 3.8) is 0 Å². The second-order valence-corrected chi connectivity index (χ2v) is 7.75. The molecule has 122 valence electrons. The molecule has 0 N–H and O–H groups in total. The zero-order valence-electron chi connectivity index (χ0n) is 14.3. The molecule has 2 aliphatic rings. The van der Waals surface area contributed by atoms with E-state index in [0.29, 0.717) is 5.91 Å². The predicted molar refractivity (Wildman–Crippen MR) is 88.2 cm³/mol. The largest absolute Gasteiger partial charge is 0.343 e. The van der Waals surface area contributed by atoms with Crippen LogP contribution in [0.4, 0.5) is 0 Å². The minimum atomic E-state index is 0.389. The lowest BCUT2D eigenvalue weighted by molar-refractivity contribution is -0.132. The smallest absolute Gasteiger partial charge is 0.222 e.